The van der Waals surface area contributed by atoms with Crippen molar-refractivity contribution >= 4 is 5.78 Å². The summed E-state index contributed by atoms with van der Waals surface area (Å²) in [5.74, 6) is 3.32. The van der Waals surface area contributed by atoms with Crippen LogP contribution in [0.3, 0.4) is 0 Å². The maximum Gasteiger partial charge on any atom is 0.162 e. The van der Waals surface area contributed by atoms with E-state index >= 15 is 0 Å². The van der Waals surface area contributed by atoms with E-state index in [1.54, 1.807) is 0 Å². The molecule has 0 saturated heterocycles. The largest absolute Gasteiger partial charge is 0.512 e. The number of aliphatic hydroxyl groups excluding tert-OH is 1. The van der Waals surface area contributed by atoms with Gasteiger partial charge in [0.2, 0.25) is 0 Å². The molecule has 0 aromatic carbocycles. The van der Waals surface area contributed by atoms with Crippen molar-refractivity contribution in [2.24, 2.45) is 29.1 Å². The fourth-order valence-electron chi connectivity index (χ4n) is 5.65. The molecule has 0 amide bonds. The van der Waals surface area contributed by atoms with Gasteiger partial charge < -0.3 is 5.11 Å². The molecule has 4 aliphatic rings. The fourth-order valence-corrected chi connectivity index (χ4v) is 5.65. The molecule has 2 heteroatoms. The number of hydrogen-bond donors (Lipinski definition) is 1. The highest BCUT2D eigenvalue weighted by molar-refractivity contribution is 5.98. The summed E-state index contributed by atoms with van der Waals surface area (Å²) < 4.78 is 0. The first kappa shape index (κ1) is 13.4. The summed E-state index contributed by atoms with van der Waals surface area (Å²) in [4.78, 5) is 12.4. The molecule has 5 atom stereocenters. The van der Waals surface area contributed by atoms with Gasteiger partial charge in [-0.3, -0.25) is 4.79 Å². The first-order valence-corrected chi connectivity index (χ1v) is 8.48. The van der Waals surface area contributed by atoms with E-state index in [2.05, 4.69) is 19.1 Å². The normalized spacial score (nSPS) is 44.5. The quantitative estimate of drug-likeness (QED) is 0.777. The second-order valence-electron chi connectivity index (χ2n) is 7.35. The van der Waals surface area contributed by atoms with Crippen molar-refractivity contribution in [2.45, 2.75) is 45.4 Å². The van der Waals surface area contributed by atoms with Crippen LogP contribution in [0.4, 0.5) is 0 Å². The number of rotatable bonds is 1. The third-order valence-electron chi connectivity index (χ3n) is 6.77. The molecule has 112 valence electrons. The van der Waals surface area contributed by atoms with Gasteiger partial charge in [-0.25, -0.2) is 0 Å². The highest BCUT2D eigenvalue weighted by Crippen LogP contribution is 2.59. The Hall–Kier alpha value is -1.31. The zero-order chi connectivity index (χ0) is 14.6. The minimum Gasteiger partial charge on any atom is -0.512 e. The average molecular weight is 284 g/mol. The van der Waals surface area contributed by atoms with Crippen molar-refractivity contribution in [3.8, 4) is 0 Å². The summed E-state index contributed by atoms with van der Waals surface area (Å²) in [5, 5.41) is 9.77. The Morgan fingerprint density at radius 2 is 2.19 bits per heavy atom. The van der Waals surface area contributed by atoms with Crippen molar-refractivity contribution in [3.63, 3.8) is 0 Å². The molecule has 0 aromatic rings. The summed E-state index contributed by atoms with van der Waals surface area (Å²) in [7, 11) is 0. The molecular weight excluding hydrogens is 260 g/mol. The Bertz CT molecular complexity index is 568. The molecule has 0 radical (unpaired) electrons. The number of carbonyl (C=O) groups is 1. The first-order valence-electron chi connectivity index (χ1n) is 8.48. The third kappa shape index (κ3) is 1.74. The average Bonchev–Trinajstić information content (AvgIpc) is 2.84. The van der Waals surface area contributed by atoms with Crippen LogP contribution >= 0.6 is 0 Å². The summed E-state index contributed by atoms with van der Waals surface area (Å²) in [5.41, 5.74) is 1.27. The van der Waals surface area contributed by atoms with Gasteiger partial charge in [0.05, 0.1) is 5.76 Å². The Morgan fingerprint density at radius 1 is 1.33 bits per heavy atom. The van der Waals surface area contributed by atoms with Gasteiger partial charge in [0.1, 0.15) is 0 Å². The van der Waals surface area contributed by atoms with Crippen LogP contribution in [-0.2, 0) is 4.79 Å². The van der Waals surface area contributed by atoms with Crippen molar-refractivity contribution < 1.29 is 9.90 Å². The van der Waals surface area contributed by atoms with Crippen LogP contribution in [0.15, 0.2) is 35.6 Å². The van der Waals surface area contributed by atoms with E-state index in [4.69, 9.17) is 0 Å². The van der Waals surface area contributed by atoms with Gasteiger partial charge in [0, 0.05) is 11.8 Å². The van der Waals surface area contributed by atoms with Gasteiger partial charge in [-0.1, -0.05) is 19.1 Å². The molecule has 0 heterocycles. The van der Waals surface area contributed by atoms with Crippen molar-refractivity contribution in [3.05, 3.63) is 35.6 Å². The summed E-state index contributed by atoms with van der Waals surface area (Å²) in [6.45, 7) is 2.18. The lowest BCUT2D eigenvalue weighted by molar-refractivity contribution is -0.130. The van der Waals surface area contributed by atoms with E-state index in [-0.39, 0.29) is 5.41 Å². The van der Waals surface area contributed by atoms with Gasteiger partial charge in [-0.2, -0.15) is 0 Å². The lowest BCUT2D eigenvalue weighted by atomic mass is 9.52. The van der Waals surface area contributed by atoms with E-state index < -0.39 is 0 Å². The van der Waals surface area contributed by atoms with Gasteiger partial charge in [0.15, 0.2) is 5.78 Å². The first-order chi connectivity index (χ1) is 10.2. The van der Waals surface area contributed by atoms with Gasteiger partial charge in [-0.15, -0.1) is 0 Å². The number of carbonyl (C=O) groups excluding carboxylic acids is 1. The lowest BCUT2D eigenvalue weighted by Gasteiger charge is -2.51. The molecule has 1 saturated carbocycles. The molecule has 1 fully saturated rings. The topological polar surface area (TPSA) is 37.3 Å². The molecule has 0 bridgehead atoms. The van der Waals surface area contributed by atoms with E-state index in [1.807, 2.05) is 12.2 Å². The second-order valence-corrected chi connectivity index (χ2v) is 7.35. The van der Waals surface area contributed by atoms with Crippen LogP contribution in [0, 0.1) is 29.1 Å². The van der Waals surface area contributed by atoms with Crippen LogP contribution in [0.1, 0.15) is 45.4 Å². The van der Waals surface area contributed by atoms with Crippen LogP contribution < -0.4 is 0 Å². The Labute approximate surface area is 126 Å². The van der Waals surface area contributed by atoms with E-state index in [0.29, 0.717) is 35.2 Å². The molecule has 4 unspecified atom stereocenters. The van der Waals surface area contributed by atoms with Gasteiger partial charge in [0.25, 0.3) is 0 Å². The van der Waals surface area contributed by atoms with E-state index in [9.17, 15) is 9.90 Å². The van der Waals surface area contributed by atoms with Crippen LogP contribution in [-0.4, -0.2) is 10.9 Å². The Balaban J connectivity index is 1.69. The SMILES string of the molecule is CC[C@]12CCC3C4CCC(O)=CC4=CCC3C1C=CC2=O. The minimum atomic E-state index is -0.0842. The lowest BCUT2D eigenvalue weighted by Crippen LogP contribution is -2.47. The molecule has 21 heavy (non-hydrogen) atoms. The maximum atomic E-state index is 12.4. The minimum absolute atomic E-state index is 0.0842. The Morgan fingerprint density at radius 3 is 3.00 bits per heavy atom. The third-order valence-corrected chi connectivity index (χ3v) is 6.77. The predicted molar refractivity (Wildman–Crippen MR) is 82.7 cm³/mol. The molecule has 2 nitrogen and oxygen atoms in total. The highest BCUT2D eigenvalue weighted by Gasteiger charge is 2.55. The van der Waals surface area contributed by atoms with Gasteiger partial charge in [-0.05, 0) is 73.5 Å². The maximum absolute atomic E-state index is 12.4. The van der Waals surface area contributed by atoms with Crippen LogP contribution in [0.5, 0.6) is 0 Å². The summed E-state index contributed by atoms with van der Waals surface area (Å²) in [6, 6.07) is 0. The van der Waals surface area contributed by atoms with Crippen LogP contribution in [0.2, 0.25) is 0 Å². The molecule has 4 rings (SSSR count). The zero-order valence-electron chi connectivity index (χ0n) is 12.7. The highest BCUT2D eigenvalue weighted by atomic mass is 16.3. The fraction of sp³-hybridized carbons (Fsp3) is 0.632. The predicted octanol–water partition coefficient (Wildman–Crippen LogP) is 4.35. The molecule has 0 aliphatic heterocycles. The monoisotopic (exact) mass is 284 g/mol. The number of hydrogen-bond acceptors (Lipinski definition) is 2. The molecule has 1 N–H and O–H groups in total. The number of allylic oxidation sites excluding steroid dienone is 6. The smallest absolute Gasteiger partial charge is 0.162 e. The Kier molecular flexibility index (Phi) is 2.92. The molecule has 0 aromatic heterocycles. The number of fused-ring (bicyclic) bond motifs is 5. The van der Waals surface area contributed by atoms with Crippen molar-refractivity contribution in [2.75, 3.05) is 0 Å². The molecule has 0 spiro atoms. The standard InChI is InChI=1S/C19H24O2/c1-2-19-10-9-15-14-6-4-13(20)11-12(14)3-5-16(15)17(19)7-8-18(19)21/h3,7-8,11,14-17,20H,2,4-6,9-10H2,1H3/t14?,15?,16?,17?,19-/m0/s1. The summed E-state index contributed by atoms with van der Waals surface area (Å²) >= 11 is 0. The van der Waals surface area contributed by atoms with E-state index in [1.165, 1.54) is 12.0 Å². The summed E-state index contributed by atoms with van der Waals surface area (Å²) in [6.07, 6.45) is 14.6. The molecule has 4 aliphatic carbocycles. The van der Waals surface area contributed by atoms with Crippen molar-refractivity contribution in [1.82, 2.24) is 0 Å². The number of ketones is 1. The van der Waals surface area contributed by atoms with Gasteiger partial charge >= 0.3 is 0 Å². The zero-order valence-corrected chi connectivity index (χ0v) is 12.7. The van der Waals surface area contributed by atoms with E-state index in [0.717, 1.165) is 32.1 Å². The van der Waals surface area contributed by atoms with Crippen molar-refractivity contribution in [1.29, 1.82) is 0 Å². The number of aliphatic hydroxyl groups is 1. The molecular formula is C19H24O2. The van der Waals surface area contributed by atoms with Crippen LogP contribution in [0.25, 0.3) is 0 Å². The second kappa shape index (κ2) is 4.59.